The third kappa shape index (κ3) is 3.17. The van der Waals surface area contributed by atoms with Gasteiger partial charge in [-0.3, -0.25) is 4.79 Å². The average Bonchev–Trinajstić information content (AvgIpc) is 3.07. The number of hydrogen-bond donors (Lipinski definition) is 1. The monoisotopic (exact) mass is 261 g/mol. The van der Waals surface area contributed by atoms with Crippen molar-refractivity contribution in [2.24, 2.45) is 5.92 Å². The fourth-order valence-corrected chi connectivity index (χ4v) is 3.42. The highest BCUT2D eigenvalue weighted by molar-refractivity contribution is 5.76. The van der Waals surface area contributed by atoms with E-state index < -0.39 is 0 Å². The Balaban J connectivity index is 1.42. The van der Waals surface area contributed by atoms with E-state index in [0.29, 0.717) is 6.42 Å². The van der Waals surface area contributed by atoms with E-state index in [4.69, 9.17) is 0 Å². The number of aryl methyl sites for hydroxylation is 1. The van der Waals surface area contributed by atoms with Crippen molar-refractivity contribution in [2.75, 3.05) is 0 Å². The molecule has 2 aliphatic rings. The normalized spacial score (nSPS) is 23.3. The summed E-state index contributed by atoms with van der Waals surface area (Å²) in [6.07, 6.45) is 13.0. The Bertz CT molecular complexity index is 434. The standard InChI is InChI=1S/C15H23N3O/c19-15(8-5-12-3-1-2-4-12)17-13-6-7-14-16-9-10-18(14)11-13/h9-10,12-13H,1-8,11H2,(H,17,19)/t13-/m1/s1. The van der Waals surface area contributed by atoms with E-state index in [2.05, 4.69) is 14.9 Å². The topological polar surface area (TPSA) is 46.9 Å². The molecule has 0 spiro atoms. The van der Waals surface area contributed by atoms with Gasteiger partial charge < -0.3 is 9.88 Å². The number of nitrogens with one attached hydrogen (secondary N) is 1. The Morgan fingerprint density at radius 1 is 1.37 bits per heavy atom. The molecule has 1 amide bonds. The summed E-state index contributed by atoms with van der Waals surface area (Å²) in [5.41, 5.74) is 0. The van der Waals surface area contributed by atoms with Gasteiger partial charge in [0.2, 0.25) is 5.91 Å². The second-order valence-corrected chi connectivity index (χ2v) is 5.99. The van der Waals surface area contributed by atoms with Crippen LogP contribution in [0.1, 0.15) is 50.8 Å². The molecule has 1 aliphatic heterocycles. The maximum atomic E-state index is 12.0. The highest BCUT2D eigenvalue weighted by atomic mass is 16.1. The number of nitrogens with zero attached hydrogens (tertiary/aromatic N) is 2. The van der Waals surface area contributed by atoms with Crippen LogP contribution < -0.4 is 5.32 Å². The van der Waals surface area contributed by atoms with E-state index in [9.17, 15) is 4.79 Å². The van der Waals surface area contributed by atoms with E-state index in [1.54, 1.807) is 0 Å². The molecular formula is C15H23N3O. The number of carbonyl (C=O) groups is 1. The van der Waals surface area contributed by atoms with Crippen molar-refractivity contribution in [3.05, 3.63) is 18.2 Å². The van der Waals surface area contributed by atoms with Crippen LogP contribution in [0.25, 0.3) is 0 Å². The van der Waals surface area contributed by atoms with Crippen LogP contribution in [-0.2, 0) is 17.8 Å². The van der Waals surface area contributed by atoms with Gasteiger partial charge in [0.25, 0.3) is 0 Å². The Morgan fingerprint density at radius 2 is 2.21 bits per heavy atom. The Morgan fingerprint density at radius 3 is 3.05 bits per heavy atom. The fourth-order valence-electron chi connectivity index (χ4n) is 3.42. The summed E-state index contributed by atoms with van der Waals surface area (Å²) < 4.78 is 2.16. The molecular weight excluding hydrogens is 238 g/mol. The van der Waals surface area contributed by atoms with Crippen LogP contribution in [0.2, 0.25) is 0 Å². The first-order valence-electron chi connectivity index (χ1n) is 7.60. The van der Waals surface area contributed by atoms with Gasteiger partial charge in [-0.05, 0) is 18.8 Å². The van der Waals surface area contributed by atoms with Crippen LogP contribution in [0.4, 0.5) is 0 Å². The Hall–Kier alpha value is -1.32. The lowest BCUT2D eigenvalue weighted by Gasteiger charge is -2.25. The fraction of sp³-hybridized carbons (Fsp3) is 0.733. The highest BCUT2D eigenvalue weighted by Crippen LogP contribution is 2.28. The molecule has 3 rings (SSSR count). The maximum absolute atomic E-state index is 12.0. The van der Waals surface area contributed by atoms with Crippen molar-refractivity contribution < 1.29 is 4.79 Å². The molecule has 0 unspecified atom stereocenters. The maximum Gasteiger partial charge on any atom is 0.220 e. The van der Waals surface area contributed by atoms with Gasteiger partial charge in [-0.1, -0.05) is 25.7 Å². The molecule has 1 aromatic heterocycles. The first kappa shape index (κ1) is 12.7. The van der Waals surface area contributed by atoms with E-state index in [0.717, 1.165) is 37.5 Å². The molecule has 19 heavy (non-hydrogen) atoms. The van der Waals surface area contributed by atoms with Gasteiger partial charge >= 0.3 is 0 Å². The van der Waals surface area contributed by atoms with Crippen molar-refractivity contribution in [1.29, 1.82) is 0 Å². The smallest absolute Gasteiger partial charge is 0.220 e. The van der Waals surface area contributed by atoms with E-state index in [1.807, 2.05) is 12.4 Å². The molecule has 1 fully saturated rings. The van der Waals surface area contributed by atoms with Crippen LogP contribution >= 0.6 is 0 Å². The third-order valence-electron chi connectivity index (χ3n) is 4.55. The molecule has 2 heterocycles. The second kappa shape index (κ2) is 5.76. The minimum Gasteiger partial charge on any atom is -0.352 e. The lowest BCUT2D eigenvalue weighted by molar-refractivity contribution is -0.122. The molecule has 1 aliphatic carbocycles. The van der Waals surface area contributed by atoms with Gasteiger partial charge in [-0.15, -0.1) is 0 Å². The summed E-state index contributed by atoms with van der Waals surface area (Å²) in [5.74, 6) is 2.19. The summed E-state index contributed by atoms with van der Waals surface area (Å²) in [7, 11) is 0. The number of fused-ring (bicyclic) bond motifs is 1. The summed E-state index contributed by atoms with van der Waals surface area (Å²) in [6.45, 7) is 0.879. The zero-order valence-electron chi connectivity index (χ0n) is 11.5. The summed E-state index contributed by atoms with van der Waals surface area (Å²) in [4.78, 5) is 16.3. The predicted octanol–water partition coefficient (Wildman–Crippen LogP) is 2.28. The second-order valence-electron chi connectivity index (χ2n) is 5.99. The van der Waals surface area contributed by atoms with Crippen molar-refractivity contribution in [1.82, 2.24) is 14.9 Å². The number of imidazole rings is 1. The molecule has 1 aromatic rings. The zero-order valence-corrected chi connectivity index (χ0v) is 11.5. The van der Waals surface area contributed by atoms with E-state index >= 15 is 0 Å². The summed E-state index contributed by atoms with van der Waals surface area (Å²) in [5, 5.41) is 3.19. The largest absolute Gasteiger partial charge is 0.352 e. The minimum absolute atomic E-state index is 0.237. The lowest BCUT2D eigenvalue weighted by Crippen LogP contribution is -2.40. The average molecular weight is 261 g/mol. The molecule has 0 aromatic carbocycles. The van der Waals surface area contributed by atoms with Crippen LogP contribution in [0.15, 0.2) is 12.4 Å². The molecule has 0 bridgehead atoms. The van der Waals surface area contributed by atoms with Crippen LogP contribution in [0, 0.1) is 5.92 Å². The Kier molecular flexibility index (Phi) is 3.85. The number of aromatic nitrogens is 2. The molecule has 0 radical (unpaired) electrons. The highest BCUT2D eigenvalue weighted by Gasteiger charge is 2.21. The third-order valence-corrected chi connectivity index (χ3v) is 4.55. The first-order chi connectivity index (χ1) is 9.31. The van der Waals surface area contributed by atoms with Gasteiger partial charge in [0.15, 0.2) is 0 Å². The predicted molar refractivity (Wildman–Crippen MR) is 73.7 cm³/mol. The molecule has 104 valence electrons. The van der Waals surface area contributed by atoms with Crippen molar-refractivity contribution >= 4 is 5.91 Å². The van der Waals surface area contributed by atoms with Gasteiger partial charge in [0.05, 0.1) is 0 Å². The number of hydrogen-bond acceptors (Lipinski definition) is 2. The SMILES string of the molecule is O=C(CCC1CCCC1)N[C@@H]1CCc2nccn2C1. The van der Waals surface area contributed by atoms with E-state index in [1.165, 1.54) is 25.7 Å². The zero-order chi connectivity index (χ0) is 13.1. The van der Waals surface area contributed by atoms with Crippen molar-refractivity contribution in [3.63, 3.8) is 0 Å². The summed E-state index contributed by atoms with van der Waals surface area (Å²) >= 11 is 0. The lowest BCUT2D eigenvalue weighted by atomic mass is 10.0. The molecule has 4 nitrogen and oxygen atoms in total. The van der Waals surface area contributed by atoms with Gasteiger partial charge in [-0.25, -0.2) is 4.98 Å². The number of rotatable bonds is 4. The van der Waals surface area contributed by atoms with Gasteiger partial charge in [0.1, 0.15) is 5.82 Å². The minimum atomic E-state index is 0.237. The number of amides is 1. The van der Waals surface area contributed by atoms with Crippen LogP contribution in [0.3, 0.4) is 0 Å². The van der Waals surface area contributed by atoms with E-state index in [-0.39, 0.29) is 11.9 Å². The van der Waals surface area contributed by atoms with Crippen LogP contribution in [0.5, 0.6) is 0 Å². The molecule has 1 atom stereocenters. The molecule has 1 saturated carbocycles. The molecule has 1 N–H and O–H groups in total. The van der Waals surface area contributed by atoms with Crippen molar-refractivity contribution in [2.45, 2.75) is 64.0 Å². The molecule has 4 heteroatoms. The summed E-state index contributed by atoms with van der Waals surface area (Å²) in [6, 6.07) is 0.290. The molecule has 0 saturated heterocycles. The van der Waals surface area contributed by atoms with Gasteiger partial charge in [-0.2, -0.15) is 0 Å². The van der Waals surface area contributed by atoms with Crippen molar-refractivity contribution in [3.8, 4) is 0 Å². The van der Waals surface area contributed by atoms with Gasteiger partial charge in [0, 0.05) is 37.8 Å². The Labute approximate surface area is 114 Å². The number of carbonyl (C=O) groups excluding carboxylic acids is 1. The first-order valence-corrected chi connectivity index (χ1v) is 7.60. The van der Waals surface area contributed by atoms with Crippen LogP contribution in [-0.4, -0.2) is 21.5 Å². The quantitative estimate of drug-likeness (QED) is 0.904.